The van der Waals surface area contributed by atoms with Crippen LogP contribution in [-0.2, 0) is 29.2 Å². The number of ether oxygens (including phenoxy) is 2. The van der Waals surface area contributed by atoms with Crippen molar-refractivity contribution in [1.82, 2.24) is 15.1 Å². The molecule has 2 N–H and O–H groups in total. The van der Waals surface area contributed by atoms with Gasteiger partial charge in [-0.3, -0.25) is 4.68 Å². The lowest BCUT2D eigenvalue weighted by molar-refractivity contribution is 0.133. The minimum absolute atomic E-state index is 0.271. The highest BCUT2D eigenvalue weighted by Crippen LogP contribution is 2.10. The van der Waals surface area contributed by atoms with E-state index in [1.54, 1.807) is 24.2 Å². The van der Waals surface area contributed by atoms with Crippen molar-refractivity contribution in [1.29, 1.82) is 0 Å². The molecule has 0 saturated heterocycles. The molecule has 0 aliphatic carbocycles. The van der Waals surface area contributed by atoms with Gasteiger partial charge in [-0.05, 0) is 18.1 Å². The average Bonchev–Trinajstić information content (AvgIpc) is 3.04. The van der Waals surface area contributed by atoms with Gasteiger partial charge in [-0.1, -0.05) is 24.3 Å². The molecule has 0 radical (unpaired) electrons. The van der Waals surface area contributed by atoms with Crippen LogP contribution in [0.15, 0.2) is 36.7 Å². The highest BCUT2D eigenvalue weighted by molar-refractivity contribution is 5.88. The van der Waals surface area contributed by atoms with Gasteiger partial charge >= 0.3 is 6.03 Å². The first-order valence-electron chi connectivity index (χ1n) is 7.93. The predicted octanol–water partition coefficient (Wildman–Crippen LogP) is 2.39. The number of aromatic nitrogens is 2. The van der Waals surface area contributed by atoms with Gasteiger partial charge < -0.3 is 20.1 Å². The maximum atomic E-state index is 12.0. The molecule has 0 aliphatic rings. The molecule has 0 atom stereocenters. The van der Waals surface area contributed by atoms with Crippen LogP contribution in [0.3, 0.4) is 0 Å². The van der Waals surface area contributed by atoms with Gasteiger partial charge in [0.15, 0.2) is 0 Å². The number of nitrogens with one attached hydrogen (secondary N) is 2. The summed E-state index contributed by atoms with van der Waals surface area (Å²) >= 11 is 0. The topological polar surface area (TPSA) is 77.4 Å². The lowest BCUT2D eigenvalue weighted by atomic mass is 10.1. The summed E-state index contributed by atoms with van der Waals surface area (Å²) in [6, 6.07) is 7.63. The molecular formula is C17H24N4O3. The Labute approximate surface area is 142 Å². The first-order valence-corrected chi connectivity index (χ1v) is 7.93. The minimum Gasteiger partial charge on any atom is -0.383 e. The molecule has 0 unspecified atom stereocenters. The van der Waals surface area contributed by atoms with Crippen LogP contribution in [0.25, 0.3) is 0 Å². The number of urea groups is 1. The van der Waals surface area contributed by atoms with Crippen LogP contribution in [-0.4, -0.2) is 36.1 Å². The number of carbonyl (C=O) groups is 1. The minimum atomic E-state index is -0.271. The molecule has 2 rings (SSSR count). The number of rotatable bonds is 9. The molecule has 0 saturated carbocycles. The van der Waals surface area contributed by atoms with Crippen molar-refractivity contribution in [3.05, 3.63) is 47.8 Å². The molecule has 1 aromatic heterocycles. The van der Waals surface area contributed by atoms with E-state index in [-0.39, 0.29) is 6.03 Å². The summed E-state index contributed by atoms with van der Waals surface area (Å²) in [6.45, 7) is 4.82. The third-order valence-electron chi connectivity index (χ3n) is 3.44. The SMILES string of the molecule is CCOCc1ccccc1CNC(=O)Nc1cnn(CCOC)c1. The molecule has 7 nitrogen and oxygen atoms in total. The summed E-state index contributed by atoms with van der Waals surface area (Å²) in [5.41, 5.74) is 2.76. The Kier molecular flexibility index (Phi) is 7.25. The molecule has 130 valence electrons. The molecular weight excluding hydrogens is 308 g/mol. The zero-order chi connectivity index (χ0) is 17.2. The van der Waals surface area contributed by atoms with Gasteiger partial charge in [0.1, 0.15) is 0 Å². The first kappa shape index (κ1) is 18.0. The Morgan fingerprint density at radius 1 is 1.29 bits per heavy atom. The lowest BCUT2D eigenvalue weighted by Crippen LogP contribution is -2.28. The lowest BCUT2D eigenvalue weighted by Gasteiger charge is -2.11. The van der Waals surface area contributed by atoms with Crippen molar-refractivity contribution in [2.24, 2.45) is 0 Å². The highest BCUT2D eigenvalue weighted by atomic mass is 16.5. The van der Waals surface area contributed by atoms with E-state index in [0.717, 1.165) is 11.1 Å². The molecule has 0 bridgehead atoms. The number of methoxy groups -OCH3 is 1. The van der Waals surface area contributed by atoms with Gasteiger partial charge in [0.05, 0.1) is 31.6 Å². The zero-order valence-corrected chi connectivity index (χ0v) is 14.1. The van der Waals surface area contributed by atoms with Gasteiger partial charge in [0.2, 0.25) is 0 Å². The van der Waals surface area contributed by atoms with Crippen molar-refractivity contribution >= 4 is 11.7 Å². The summed E-state index contributed by atoms with van der Waals surface area (Å²) in [5.74, 6) is 0. The second-order valence-electron chi connectivity index (χ2n) is 5.20. The molecule has 0 spiro atoms. The van der Waals surface area contributed by atoms with Crippen LogP contribution in [0.5, 0.6) is 0 Å². The Morgan fingerprint density at radius 3 is 2.83 bits per heavy atom. The van der Waals surface area contributed by atoms with Gasteiger partial charge in [-0.2, -0.15) is 5.10 Å². The van der Waals surface area contributed by atoms with E-state index >= 15 is 0 Å². The average molecular weight is 332 g/mol. The largest absolute Gasteiger partial charge is 0.383 e. The third-order valence-corrected chi connectivity index (χ3v) is 3.44. The zero-order valence-electron chi connectivity index (χ0n) is 14.1. The summed E-state index contributed by atoms with van der Waals surface area (Å²) in [4.78, 5) is 12.0. The van der Waals surface area contributed by atoms with Gasteiger partial charge in [0, 0.05) is 26.5 Å². The Balaban J connectivity index is 1.84. The van der Waals surface area contributed by atoms with Crippen LogP contribution in [0.2, 0.25) is 0 Å². The van der Waals surface area contributed by atoms with E-state index in [4.69, 9.17) is 9.47 Å². The number of hydrogen-bond acceptors (Lipinski definition) is 4. The smallest absolute Gasteiger partial charge is 0.319 e. The normalized spacial score (nSPS) is 10.6. The van der Waals surface area contributed by atoms with Crippen LogP contribution in [0, 0.1) is 0 Å². The highest BCUT2D eigenvalue weighted by Gasteiger charge is 2.06. The fourth-order valence-corrected chi connectivity index (χ4v) is 2.17. The van der Waals surface area contributed by atoms with Gasteiger partial charge in [-0.25, -0.2) is 4.79 Å². The molecule has 0 fully saturated rings. The Morgan fingerprint density at radius 2 is 2.08 bits per heavy atom. The number of benzene rings is 1. The summed E-state index contributed by atoms with van der Waals surface area (Å²) in [5, 5.41) is 9.77. The van der Waals surface area contributed by atoms with Gasteiger partial charge in [0.25, 0.3) is 0 Å². The first-order chi connectivity index (χ1) is 11.7. The Bertz CT molecular complexity index is 642. The summed E-state index contributed by atoms with van der Waals surface area (Å²) < 4.78 is 12.2. The van der Waals surface area contributed by atoms with Crippen LogP contribution < -0.4 is 10.6 Å². The maximum Gasteiger partial charge on any atom is 0.319 e. The third kappa shape index (κ3) is 5.68. The second kappa shape index (κ2) is 9.69. The van der Waals surface area contributed by atoms with Crippen molar-refractivity contribution in [3.8, 4) is 0 Å². The number of anilines is 1. The molecule has 0 aliphatic heterocycles. The predicted molar refractivity (Wildman–Crippen MR) is 91.7 cm³/mol. The number of nitrogens with zero attached hydrogens (tertiary/aromatic N) is 2. The van der Waals surface area contributed by atoms with E-state index in [9.17, 15) is 4.79 Å². The fraction of sp³-hybridized carbons (Fsp3) is 0.412. The summed E-state index contributed by atoms with van der Waals surface area (Å²) in [6.07, 6.45) is 3.37. The number of hydrogen-bond donors (Lipinski definition) is 2. The van der Waals surface area contributed by atoms with Crippen molar-refractivity contribution < 1.29 is 14.3 Å². The quantitative estimate of drug-likeness (QED) is 0.739. The molecule has 1 heterocycles. The van der Waals surface area contributed by atoms with Crippen LogP contribution in [0.4, 0.5) is 10.5 Å². The van der Waals surface area contributed by atoms with Crippen molar-refractivity contribution in [3.63, 3.8) is 0 Å². The van der Waals surface area contributed by atoms with E-state index in [2.05, 4.69) is 15.7 Å². The second-order valence-corrected chi connectivity index (χ2v) is 5.20. The molecule has 1 aromatic carbocycles. The molecule has 24 heavy (non-hydrogen) atoms. The van der Waals surface area contributed by atoms with E-state index in [0.29, 0.717) is 38.6 Å². The van der Waals surface area contributed by atoms with E-state index in [1.807, 2.05) is 31.2 Å². The molecule has 2 amide bonds. The fourth-order valence-electron chi connectivity index (χ4n) is 2.17. The maximum absolute atomic E-state index is 12.0. The molecule has 7 heteroatoms. The van der Waals surface area contributed by atoms with Crippen LogP contribution in [0.1, 0.15) is 18.1 Å². The standard InChI is InChI=1S/C17H24N4O3/c1-3-24-13-15-7-5-4-6-14(15)10-18-17(22)20-16-11-19-21(12-16)8-9-23-2/h4-7,11-12H,3,8-10,13H2,1-2H3,(H2,18,20,22). The van der Waals surface area contributed by atoms with Crippen molar-refractivity contribution in [2.45, 2.75) is 26.6 Å². The van der Waals surface area contributed by atoms with E-state index < -0.39 is 0 Å². The molecule has 2 aromatic rings. The monoisotopic (exact) mass is 332 g/mol. The number of carbonyl (C=O) groups excluding carboxylic acids is 1. The van der Waals surface area contributed by atoms with E-state index in [1.165, 1.54) is 0 Å². The van der Waals surface area contributed by atoms with Gasteiger partial charge in [-0.15, -0.1) is 0 Å². The summed E-state index contributed by atoms with van der Waals surface area (Å²) in [7, 11) is 1.64. The van der Waals surface area contributed by atoms with Crippen molar-refractivity contribution in [2.75, 3.05) is 25.6 Å². The Hall–Kier alpha value is -2.38. The van der Waals surface area contributed by atoms with Crippen LogP contribution >= 0.6 is 0 Å². The number of amides is 2.